The highest BCUT2D eigenvalue weighted by Gasteiger charge is 2.48. The molecule has 0 radical (unpaired) electrons. The molecule has 1 aliphatic heterocycles. The van der Waals surface area contributed by atoms with Crippen LogP contribution >= 0.6 is 11.6 Å². The Labute approximate surface area is 171 Å². The highest BCUT2D eigenvalue weighted by atomic mass is 35.5. The number of carbonyl (C=O) groups is 1. The average Bonchev–Trinajstić information content (AvgIpc) is 2.87. The van der Waals surface area contributed by atoms with Crippen LogP contribution in [0.1, 0.15) is 49.3 Å². The number of aliphatic hydroxyl groups excluding tert-OH is 1. The number of aliphatic hydroxyl groups is 1. The summed E-state index contributed by atoms with van der Waals surface area (Å²) in [6.45, 7) is 6.22. The molecule has 3 nitrogen and oxygen atoms in total. The third-order valence-corrected chi connectivity index (χ3v) is 6.52. The van der Waals surface area contributed by atoms with E-state index >= 15 is 0 Å². The van der Waals surface area contributed by atoms with E-state index in [9.17, 15) is 9.90 Å². The van der Waals surface area contributed by atoms with Crippen LogP contribution in [0.5, 0.6) is 0 Å². The summed E-state index contributed by atoms with van der Waals surface area (Å²) in [7, 11) is 0. The molecule has 1 aliphatic carbocycles. The van der Waals surface area contributed by atoms with Crippen molar-refractivity contribution in [2.24, 2.45) is 5.92 Å². The minimum Gasteiger partial charge on any atom is -0.509 e. The van der Waals surface area contributed by atoms with Gasteiger partial charge in [-0.05, 0) is 72.6 Å². The largest absolute Gasteiger partial charge is 0.509 e. The van der Waals surface area contributed by atoms with Gasteiger partial charge in [0.15, 0.2) is 0 Å². The fourth-order valence-corrected chi connectivity index (χ4v) is 4.97. The van der Waals surface area contributed by atoms with E-state index in [-0.39, 0.29) is 11.7 Å². The first-order chi connectivity index (χ1) is 13.3. The number of carbonyl (C=O) groups excluding carboxylic acids is 1. The van der Waals surface area contributed by atoms with Crippen molar-refractivity contribution in [2.45, 2.75) is 52.0 Å². The van der Waals surface area contributed by atoms with Gasteiger partial charge in [0.05, 0.1) is 11.1 Å². The van der Waals surface area contributed by atoms with Gasteiger partial charge in [-0.3, -0.25) is 4.79 Å². The van der Waals surface area contributed by atoms with Gasteiger partial charge in [0.25, 0.3) is 5.91 Å². The van der Waals surface area contributed by atoms with Gasteiger partial charge in [-0.2, -0.15) is 0 Å². The highest BCUT2D eigenvalue weighted by molar-refractivity contribution is 6.30. The third kappa shape index (κ3) is 3.12. The molecule has 0 aromatic heterocycles. The highest BCUT2D eigenvalue weighted by Crippen LogP contribution is 2.44. The predicted octanol–water partition coefficient (Wildman–Crippen LogP) is 5.97. The number of hydrogen-bond donors (Lipinski definition) is 2. The number of nitrogens with one attached hydrogen (secondary N) is 1. The van der Waals surface area contributed by atoms with Crippen molar-refractivity contribution < 1.29 is 9.90 Å². The number of benzene rings is 2. The number of halogens is 1. The average molecular weight is 396 g/mol. The van der Waals surface area contributed by atoms with Crippen molar-refractivity contribution in [1.82, 2.24) is 5.32 Å². The Kier molecular flexibility index (Phi) is 4.75. The first kappa shape index (κ1) is 19.1. The van der Waals surface area contributed by atoms with Gasteiger partial charge in [-0.25, -0.2) is 0 Å². The van der Waals surface area contributed by atoms with E-state index in [0.29, 0.717) is 16.5 Å². The molecular formula is C24H26ClNO2. The molecule has 2 aromatic carbocycles. The second-order valence-corrected chi connectivity index (χ2v) is 8.89. The molecule has 1 saturated carbocycles. The van der Waals surface area contributed by atoms with Crippen molar-refractivity contribution in [3.8, 4) is 11.1 Å². The van der Waals surface area contributed by atoms with E-state index in [0.717, 1.165) is 53.5 Å². The number of rotatable bonds is 2. The standard InChI is InChI=1S/C24H26ClNO2/c1-14-5-4-10-24(13-14)22(27)21(23(28)26-24)20-12-15(2)19(11-16(20)3)17-6-8-18(25)9-7-17/h6-9,11-12,14,27H,4-5,10,13H2,1-3H3,(H,26,28). The molecule has 146 valence electrons. The summed E-state index contributed by atoms with van der Waals surface area (Å²) < 4.78 is 0. The molecule has 1 heterocycles. The molecule has 2 unspecified atom stereocenters. The summed E-state index contributed by atoms with van der Waals surface area (Å²) in [6, 6.07) is 11.9. The quantitative estimate of drug-likeness (QED) is 0.657. The fourth-order valence-electron chi connectivity index (χ4n) is 4.84. The molecule has 1 fully saturated rings. The molecule has 1 amide bonds. The van der Waals surface area contributed by atoms with Crippen molar-refractivity contribution in [3.63, 3.8) is 0 Å². The molecule has 2 atom stereocenters. The van der Waals surface area contributed by atoms with E-state index in [4.69, 9.17) is 11.6 Å². The Morgan fingerprint density at radius 3 is 2.43 bits per heavy atom. The Morgan fingerprint density at radius 2 is 1.75 bits per heavy atom. The molecule has 0 saturated heterocycles. The smallest absolute Gasteiger partial charge is 0.256 e. The Balaban J connectivity index is 1.79. The van der Waals surface area contributed by atoms with E-state index in [1.54, 1.807) is 0 Å². The summed E-state index contributed by atoms with van der Waals surface area (Å²) >= 11 is 6.02. The lowest BCUT2D eigenvalue weighted by atomic mass is 9.75. The van der Waals surface area contributed by atoms with Crippen molar-refractivity contribution >= 4 is 23.1 Å². The van der Waals surface area contributed by atoms with Crippen LogP contribution in [-0.4, -0.2) is 16.6 Å². The second-order valence-electron chi connectivity index (χ2n) is 8.45. The Hall–Kier alpha value is -2.26. The predicted molar refractivity (Wildman–Crippen MR) is 114 cm³/mol. The fraction of sp³-hybridized carbons (Fsp3) is 0.375. The lowest BCUT2D eigenvalue weighted by molar-refractivity contribution is -0.116. The molecule has 1 spiro atoms. The first-order valence-electron chi connectivity index (χ1n) is 9.94. The maximum absolute atomic E-state index is 12.9. The normalized spacial score (nSPS) is 24.7. The van der Waals surface area contributed by atoms with Gasteiger partial charge < -0.3 is 10.4 Å². The number of hydrogen-bond acceptors (Lipinski definition) is 2. The minimum absolute atomic E-state index is 0.159. The molecule has 2 N–H and O–H groups in total. The summed E-state index contributed by atoms with van der Waals surface area (Å²) in [6.07, 6.45) is 3.77. The minimum atomic E-state index is -0.584. The van der Waals surface area contributed by atoms with Crippen LogP contribution in [0.4, 0.5) is 0 Å². The number of amides is 1. The zero-order valence-corrected chi connectivity index (χ0v) is 17.4. The van der Waals surface area contributed by atoms with Gasteiger partial charge in [0, 0.05) is 5.02 Å². The van der Waals surface area contributed by atoms with Gasteiger partial charge in [0.2, 0.25) is 0 Å². The van der Waals surface area contributed by atoms with E-state index in [2.05, 4.69) is 18.3 Å². The molecule has 4 rings (SSSR count). The van der Waals surface area contributed by atoms with Crippen LogP contribution in [0, 0.1) is 19.8 Å². The monoisotopic (exact) mass is 395 g/mol. The van der Waals surface area contributed by atoms with Crippen molar-refractivity contribution in [1.29, 1.82) is 0 Å². The summed E-state index contributed by atoms with van der Waals surface area (Å²) in [5, 5.41) is 14.9. The molecule has 4 heteroatoms. The zero-order chi connectivity index (χ0) is 20.1. The summed E-state index contributed by atoms with van der Waals surface area (Å²) in [5.74, 6) is 0.560. The van der Waals surface area contributed by atoms with E-state index in [1.165, 1.54) is 0 Å². The van der Waals surface area contributed by atoms with Crippen LogP contribution in [0.3, 0.4) is 0 Å². The van der Waals surface area contributed by atoms with Crippen molar-refractivity contribution in [3.05, 3.63) is 63.9 Å². The molecule has 28 heavy (non-hydrogen) atoms. The molecular weight excluding hydrogens is 370 g/mol. The van der Waals surface area contributed by atoms with Crippen LogP contribution in [0.15, 0.2) is 42.2 Å². The lowest BCUT2D eigenvalue weighted by Gasteiger charge is -2.36. The zero-order valence-electron chi connectivity index (χ0n) is 16.6. The third-order valence-electron chi connectivity index (χ3n) is 6.26. The molecule has 2 aromatic rings. The summed E-state index contributed by atoms with van der Waals surface area (Å²) in [4.78, 5) is 12.9. The van der Waals surface area contributed by atoms with Crippen LogP contribution in [0.25, 0.3) is 16.7 Å². The molecule has 0 bridgehead atoms. The maximum Gasteiger partial charge on any atom is 0.256 e. The number of aryl methyl sites for hydroxylation is 2. The van der Waals surface area contributed by atoms with Crippen molar-refractivity contribution in [2.75, 3.05) is 0 Å². The van der Waals surface area contributed by atoms with Gasteiger partial charge in [0.1, 0.15) is 5.76 Å². The SMILES string of the molecule is Cc1cc(-c2ccc(Cl)cc2)c(C)cc1C1=C(O)C2(CCCC(C)C2)NC1=O. The van der Waals surface area contributed by atoms with Crippen LogP contribution < -0.4 is 5.32 Å². The lowest BCUT2D eigenvalue weighted by Crippen LogP contribution is -2.47. The Morgan fingerprint density at radius 1 is 1.11 bits per heavy atom. The van der Waals surface area contributed by atoms with Gasteiger partial charge >= 0.3 is 0 Å². The first-order valence-corrected chi connectivity index (χ1v) is 10.3. The molecule has 2 aliphatic rings. The van der Waals surface area contributed by atoms with Gasteiger partial charge in [-0.1, -0.05) is 55.6 Å². The van der Waals surface area contributed by atoms with Crippen LogP contribution in [-0.2, 0) is 4.79 Å². The summed E-state index contributed by atoms with van der Waals surface area (Å²) in [5.41, 5.74) is 4.92. The van der Waals surface area contributed by atoms with E-state index in [1.807, 2.05) is 44.2 Å². The Bertz CT molecular complexity index is 977. The second kappa shape index (κ2) is 6.97. The maximum atomic E-state index is 12.9. The van der Waals surface area contributed by atoms with Crippen LogP contribution in [0.2, 0.25) is 5.02 Å². The van der Waals surface area contributed by atoms with E-state index < -0.39 is 5.54 Å². The topological polar surface area (TPSA) is 49.3 Å². The van der Waals surface area contributed by atoms with Gasteiger partial charge in [-0.15, -0.1) is 0 Å².